The molecule has 5 aromatic rings. The fraction of sp³-hybridized carbons (Fsp3) is 0.0370. The Bertz CT molecular complexity index is 1310. The molecule has 138 valence electrons. The molecule has 0 radical (unpaired) electrons. The molecular formula is C27H20SSi. The molecule has 0 aliphatic carbocycles. The van der Waals surface area contributed by atoms with Crippen molar-refractivity contribution in [3.05, 3.63) is 109 Å². The third-order valence-electron chi connectivity index (χ3n) is 6.21. The number of aryl methyl sites for hydroxylation is 1. The first-order chi connectivity index (χ1) is 14.3. The third-order valence-corrected chi connectivity index (χ3v) is 12.5. The first-order valence-electron chi connectivity index (χ1n) is 10.0. The van der Waals surface area contributed by atoms with Crippen molar-refractivity contribution in [2.75, 3.05) is 0 Å². The smallest absolute Gasteiger partial charge is 0.135 e. The molecule has 29 heavy (non-hydrogen) atoms. The molecule has 0 atom stereocenters. The first-order valence-corrected chi connectivity index (χ1v) is 12.9. The molecule has 0 fully saturated rings. The van der Waals surface area contributed by atoms with Gasteiger partial charge in [-0.1, -0.05) is 103 Å². The van der Waals surface area contributed by atoms with Gasteiger partial charge in [0, 0.05) is 9.58 Å². The minimum Gasteiger partial charge on any atom is -0.135 e. The zero-order chi connectivity index (χ0) is 19.4. The summed E-state index contributed by atoms with van der Waals surface area (Å²) >= 11 is 1.96. The Kier molecular flexibility index (Phi) is 3.67. The summed E-state index contributed by atoms with van der Waals surface area (Å²) < 4.78 is 1.40. The Morgan fingerprint density at radius 1 is 0.655 bits per heavy atom. The topological polar surface area (TPSA) is 0 Å². The Hall–Kier alpha value is -2.94. The molecule has 0 nitrogen and oxygen atoms in total. The van der Waals surface area contributed by atoms with Gasteiger partial charge in [0.25, 0.3) is 0 Å². The molecule has 2 heteroatoms. The second-order valence-electron chi connectivity index (χ2n) is 7.83. The maximum absolute atomic E-state index is 2.42. The minimum absolute atomic E-state index is 1.33. The van der Waals surface area contributed by atoms with Crippen LogP contribution in [-0.2, 0) is 0 Å². The molecule has 0 unspecified atom stereocenters. The van der Waals surface area contributed by atoms with Gasteiger partial charge in [-0.25, -0.2) is 0 Å². The van der Waals surface area contributed by atoms with Crippen LogP contribution in [0.15, 0.2) is 103 Å². The van der Waals surface area contributed by atoms with Gasteiger partial charge >= 0.3 is 0 Å². The van der Waals surface area contributed by atoms with E-state index >= 15 is 0 Å². The van der Waals surface area contributed by atoms with E-state index < -0.39 is 8.07 Å². The van der Waals surface area contributed by atoms with E-state index in [1.165, 1.54) is 41.7 Å². The largest absolute Gasteiger partial charge is 0.182 e. The van der Waals surface area contributed by atoms with Gasteiger partial charge < -0.3 is 0 Å². The van der Waals surface area contributed by atoms with Crippen LogP contribution in [0.4, 0.5) is 0 Å². The van der Waals surface area contributed by atoms with E-state index in [0.717, 1.165) is 0 Å². The van der Waals surface area contributed by atoms with Crippen LogP contribution in [0.25, 0.3) is 20.5 Å². The predicted molar refractivity (Wildman–Crippen MR) is 129 cm³/mol. The molecule has 4 aromatic carbocycles. The van der Waals surface area contributed by atoms with Crippen LogP contribution in [0.1, 0.15) is 5.56 Å². The lowest BCUT2D eigenvalue weighted by Gasteiger charge is -2.31. The van der Waals surface area contributed by atoms with Gasteiger partial charge in [0.2, 0.25) is 0 Å². The van der Waals surface area contributed by atoms with Crippen LogP contribution < -0.4 is 20.7 Å². The van der Waals surface area contributed by atoms with Crippen LogP contribution in [0.2, 0.25) is 0 Å². The lowest BCUT2D eigenvalue weighted by molar-refractivity contribution is 1.49. The van der Waals surface area contributed by atoms with Gasteiger partial charge in [0.05, 0.1) is 0 Å². The van der Waals surface area contributed by atoms with E-state index in [2.05, 4.69) is 110 Å². The fourth-order valence-corrected chi connectivity index (χ4v) is 12.2. The Labute approximate surface area is 176 Å². The molecule has 0 saturated heterocycles. The summed E-state index contributed by atoms with van der Waals surface area (Å²) in [5.41, 5.74) is 2.78. The Balaban J connectivity index is 1.87. The lowest BCUT2D eigenvalue weighted by Crippen LogP contribution is -2.72. The number of hydrogen-bond donors (Lipinski definition) is 0. The molecule has 1 aromatic heterocycles. The van der Waals surface area contributed by atoms with E-state index in [-0.39, 0.29) is 0 Å². The highest BCUT2D eigenvalue weighted by molar-refractivity contribution is 7.32. The molecule has 2 heterocycles. The first kappa shape index (κ1) is 17.0. The van der Waals surface area contributed by atoms with E-state index in [0.29, 0.717) is 0 Å². The summed E-state index contributed by atoms with van der Waals surface area (Å²) in [6.45, 7) is 2.21. The summed E-state index contributed by atoms with van der Waals surface area (Å²) in [5.74, 6) is 0. The highest BCUT2D eigenvalue weighted by Gasteiger charge is 2.50. The van der Waals surface area contributed by atoms with E-state index in [1.807, 2.05) is 11.3 Å². The van der Waals surface area contributed by atoms with Crippen LogP contribution in [0.5, 0.6) is 0 Å². The van der Waals surface area contributed by atoms with E-state index in [1.54, 1.807) is 5.19 Å². The van der Waals surface area contributed by atoms with E-state index in [4.69, 9.17) is 0 Å². The fourth-order valence-electron chi connectivity index (χ4n) is 5.06. The Morgan fingerprint density at radius 2 is 1.28 bits per heavy atom. The number of thiophene rings is 1. The van der Waals surface area contributed by atoms with Gasteiger partial charge in [-0.2, -0.15) is 0 Å². The van der Waals surface area contributed by atoms with Crippen molar-refractivity contribution >= 4 is 50.2 Å². The molecular weight excluding hydrogens is 384 g/mol. The molecule has 0 spiro atoms. The van der Waals surface area contributed by atoms with Crippen molar-refractivity contribution < 1.29 is 0 Å². The maximum atomic E-state index is 2.42. The van der Waals surface area contributed by atoms with Crippen molar-refractivity contribution in [1.29, 1.82) is 0 Å². The molecule has 1 aliphatic heterocycles. The molecule has 0 saturated carbocycles. The van der Waals surface area contributed by atoms with Crippen LogP contribution >= 0.6 is 11.3 Å². The SMILES string of the molecule is Cc1ccc2c(c1)-c1sc3ccccc3c1[Si]2(c1ccccc1)c1ccccc1. The zero-order valence-electron chi connectivity index (χ0n) is 16.2. The van der Waals surface area contributed by atoms with Gasteiger partial charge in [-0.05, 0) is 44.7 Å². The highest BCUT2D eigenvalue weighted by Crippen LogP contribution is 2.38. The second-order valence-corrected chi connectivity index (χ2v) is 12.6. The normalized spacial score (nSPS) is 14.0. The molecule has 0 bridgehead atoms. The van der Waals surface area contributed by atoms with Gasteiger partial charge in [-0.15, -0.1) is 11.3 Å². The molecule has 0 N–H and O–H groups in total. The summed E-state index contributed by atoms with van der Waals surface area (Å²) in [5, 5.41) is 7.49. The number of hydrogen-bond acceptors (Lipinski definition) is 1. The molecule has 1 aliphatic rings. The summed E-state index contributed by atoms with van der Waals surface area (Å²) in [7, 11) is -2.35. The van der Waals surface area contributed by atoms with Crippen molar-refractivity contribution in [1.82, 2.24) is 0 Å². The summed E-state index contributed by atoms with van der Waals surface area (Å²) in [6, 6.07) is 38.6. The van der Waals surface area contributed by atoms with Crippen LogP contribution in [0, 0.1) is 6.92 Å². The molecule has 6 rings (SSSR count). The standard InChI is InChI=1S/C27H20SSi/c1-19-16-17-25-23(18-19)26-27(22-14-8-9-15-24(22)28-26)29(25,20-10-4-2-5-11-20)21-12-6-3-7-13-21/h2-18H,1H3. The quantitative estimate of drug-likeness (QED) is 0.371. The van der Waals surface area contributed by atoms with Crippen molar-refractivity contribution in [2.45, 2.75) is 6.92 Å². The van der Waals surface area contributed by atoms with Crippen molar-refractivity contribution in [3.63, 3.8) is 0 Å². The monoisotopic (exact) mass is 404 g/mol. The minimum atomic E-state index is -2.35. The second kappa shape index (κ2) is 6.28. The van der Waals surface area contributed by atoms with Crippen molar-refractivity contribution in [3.8, 4) is 10.4 Å². The summed E-state index contributed by atoms with van der Waals surface area (Å²) in [4.78, 5) is 1.48. The number of benzene rings is 4. The van der Waals surface area contributed by atoms with Crippen LogP contribution in [0.3, 0.4) is 0 Å². The lowest BCUT2D eigenvalue weighted by atomic mass is 10.1. The molecule has 0 amide bonds. The number of rotatable bonds is 2. The van der Waals surface area contributed by atoms with Crippen LogP contribution in [-0.4, -0.2) is 8.07 Å². The van der Waals surface area contributed by atoms with Gasteiger partial charge in [0.1, 0.15) is 0 Å². The van der Waals surface area contributed by atoms with E-state index in [9.17, 15) is 0 Å². The van der Waals surface area contributed by atoms with Gasteiger partial charge in [-0.3, -0.25) is 0 Å². The van der Waals surface area contributed by atoms with Crippen molar-refractivity contribution in [2.24, 2.45) is 0 Å². The number of fused-ring (bicyclic) bond motifs is 5. The predicted octanol–water partition coefficient (Wildman–Crippen LogP) is 4.57. The highest BCUT2D eigenvalue weighted by atomic mass is 32.1. The van der Waals surface area contributed by atoms with Gasteiger partial charge in [0.15, 0.2) is 8.07 Å². The summed E-state index contributed by atoms with van der Waals surface area (Å²) in [6.07, 6.45) is 0. The third kappa shape index (κ3) is 2.24. The average Bonchev–Trinajstić information content (AvgIpc) is 3.29. The maximum Gasteiger partial charge on any atom is 0.182 e. The average molecular weight is 405 g/mol. The Morgan fingerprint density at radius 3 is 1.97 bits per heavy atom. The zero-order valence-corrected chi connectivity index (χ0v) is 18.0.